The average Bonchev–Trinajstić information content (AvgIpc) is 2.70. The fourth-order valence-corrected chi connectivity index (χ4v) is 3.04. The fraction of sp³-hybridized carbons (Fsp3) is 0.174. The largest absolute Gasteiger partial charge is 0.348 e. The lowest BCUT2D eigenvalue weighted by atomic mass is 9.99. The standard InChI is InChI=1S/C23H23FN2O/c1-17(18-12-14-21(24)15-13-18)26-22(27)16-25-23(19-8-4-2-5-9-19)20-10-6-3-7-11-20/h2-15,17,23,25H,16H2,1H3,(H,26,27). The molecule has 3 aromatic rings. The first kappa shape index (κ1) is 18.8. The average molecular weight is 362 g/mol. The number of benzene rings is 3. The molecule has 1 atom stereocenters. The highest BCUT2D eigenvalue weighted by molar-refractivity contribution is 5.78. The fourth-order valence-electron chi connectivity index (χ4n) is 3.04. The molecule has 0 fully saturated rings. The summed E-state index contributed by atoms with van der Waals surface area (Å²) in [6, 6.07) is 26.0. The molecule has 0 spiro atoms. The summed E-state index contributed by atoms with van der Waals surface area (Å²) in [4.78, 5) is 12.4. The third-order valence-corrected chi connectivity index (χ3v) is 4.48. The minimum atomic E-state index is -0.285. The van der Waals surface area contributed by atoms with Gasteiger partial charge in [0.15, 0.2) is 0 Å². The summed E-state index contributed by atoms with van der Waals surface area (Å²) in [7, 11) is 0. The van der Waals surface area contributed by atoms with E-state index in [-0.39, 0.29) is 30.4 Å². The molecule has 3 nitrogen and oxygen atoms in total. The molecule has 0 aliphatic carbocycles. The van der Waals surface area contributed by atoms with Crippen LogP contribution in [0.4, 0.5) is 4.39 Å². The quantitative estimate of drug-likeness (QED) is 0.655. The SMILES string of the molecule is CC(NC(=O)CNC(c1ccccc1)c1ccccc1)c1ccc(F)cc1. The Morgan fingerprint density at radius 1 is 0.815 bits per heavy atom. The van der Waals surface area contributed by atoms with E-state index in [1.54, 1.807) is 12.1 Å². The van der Waals surface area contributed by atoms with E-state index < -0.39 is 0 Å². The Balaban J connectivity index is 1.64. The maximum absolute atomic E-state index is 13.0. The molecule has 0 heterocycles. The monoisotopic (exact) mass is 362 g/mol. The van der Waals surface area contributed by atoms with Crippen molar-refractivity contribution in [1.82, 2.24) is 10.6 Å². The Bertz CT molecular complexity index is 811. The summed E-state index contributed by atoms with van der Waals surface area (Å²) >= 11 is 0. The predicted octanol–water partition coefficient (Wildman–Crippen LogP) is 4.38. The molecule has 27 heavy (non-hydrogen) atoms. The lowest BCUT2D eigenvalue weighted by molar-refractivity contribution is -0.121. The van der Waals surface area contributed by atoms with Gasteiger partial charge in [0.2, 0.25) is 5.91 Å². The molecule has 3 rings (SSSR count). The van der Waals surface area contributed by atoms with E-state index in [0.29, 0.717) is 0 Å². The van der Waals surface area contributed by atoms with Gasteiger partial charge in [0.25, 0.3) is 0 Å². The van der Waals surface area contributed by atoms with Crippen molar-refractivity contribution in [2.24, 2.45) is 0 Å². The molecule has 0 saturated heterocycles. The molecule has 0 radical (unpaired) electrons. The number of amides is 1. The zero-order chi connectivity index (χ0) is 19.1. The molecule has 0 aliphatic heterocycles. The summed E-state index contributed by atoms with van der Waals surface area (Å²) in [5.41, 5.74) is 3.07. The third-order valence-electron chi connectivity index (χ3n) is 4.48. The van der Waals surface area contributed by atoms with Crippen LogP contribution >= 0.6 is 0 Å². The van der Waals surface area contributed by atoms with E-state index in [0.717, 1.165) is 16.7 Å². The molecule has 1 unspecified atom stereocenters. The zero-order valence-corrected chi connectivity index (χ0v) is 15.2. The molecule has 0 aromatic heterocycles. The first-order valence-electron chi connectivity index (χ1n) is 9.01. The number of hydrogen-bond acceptors (Lipinski definition) is 2. The Hall–Kier alpha value is -2.98. The van der Waals surface area contributed by atoms with Crippen LogP contribution in [0.2, 0.25) is 0 Å². The summed E-state index contributed by atoms with van der Waals surface area (Å²) in [5, 5.41) is 6.30. The molecule has 1 amide bonds. The second-order valence-electron chi connectivity index (χ2n) is 6.48. The summed E-state index contributed by atoms with van der Waals surface area (Å²) in [5.74, 6) is -0.392. The first-order valence-corrected chi connectivity index (χ1v) is 9.01. The van der Waals surface area contributed by atoms with Gasteiger partial charge in [0, 0.05) is 0 Å². The molecule has 0 bridgehead atoms. The third kappa shape index (κ3) is 5.25. The van der Waals surface area contributed by atoms with Gasteiger partial charge in [0.1, 0.15) is 5.82 Å². The van der Waals surface area contributed by atoms with E-state index >= 15 is 0 Å². The van der Waals surface area contributed by atoms with E-state index in [1.165, 1.54) is 12.1 Å². The van der Waals surface area contributed by atoms with Crippen molar-refractivity contribution in [1.29, 1.82) is 0 Å². The van der Waals surface area contributed by atoms with Crippen molar-refractivity contribution in [3.63, 3.8) is 0 Å². The highest BCUT2D eigenvalue weighted by Gasteiger charge is 2.16. The van der Waals surface area contributed by atoms with Crippen molar-refractivity contribution in [2.75, 3.05) is 6.54 Å². The second kappa shape index (κ2) is 9.10. The molecule has 0 saturated carbocycles. The minimum absolute atomic E-state index is 0.0701. The maximum Gasteiger partial charge on any atom is 0.234 e. The molecule has 2 N–H and O–H groups in total. The van der Waals surface area contributed by atoms with Crippen molar-refractivity contribution in [3.8, 4) is 0 Å². The number of carbonyl (C=O) groups is 1. The molecule has 4 heteroatoms. The van der Waals surface area contributed by atoms with Gasteiger partial charge in [-0.25, -0.2) is 4.39 Å². The van der Waals surface area contributed by atoms with Crippen LogP contribution < -0.4 is 10.6 Å². The van der Waals surface area contributed by atoms with Crippen LogP contribution in [-0.2, 0) is 4.79 Å². The van der Waals surface area contributed by atoms with Gasteiger partial charge in [-0.15, -0.1) is 0 Å². The second-order valence-corrected chi connectivity index (χ2v) is 6.48. The lowest BCUT2D eigenvalue weighted by Gasteiger charge is -2.21. The topological polar surface area (TPSA) is 41.1 Å². The molecular weight excluding hydrogens is 339 g/mol. The van der Waals surface area contributed by atoms with Crippen LogP contribution in [0.25, 0.3) is 0 Å². The number of nitrogens with one attached hydrogen (secondary N) is 2. The van der Waals surface area contributed by atoms with E-state index in [9.17, 15) is 9.18 Å². The molecular formula is C23H23FN2O. The summed E-state index contributed by atoms with van der Waals surface area (Å²) in [6.07, 6.45) is 0. The minimum Gasteiger partial charge on any atom is -0.348 e. The number of hydrogen-bond donors (Lipinski definition) is 2. The Morgan fingerprint density at radius 2 is 1.33 bits per heavy atom. The normalized spacial score (nSPS) is 12.0. The number of carbonyl (C=O) groups excluding carboxylic acids is 1. The van der Waals surface area contributed by atoms with E-state index in [2.05, 4.69) is 10.6 Å². The first-order chi connectivity index (χ1) is 13.1. The molecule has 3 aromatic carbocycles. The van der Waals surface area contributed by atoms with Gasteiger partial charge in [-0.05, 0) is 35.7 Å². The Labute approximate surface area is 159 Å². The van der Waals surface area contributed by atoms with Crippen molar-refractivity contribution >= 4 is 5.91 Å². The zero-order valence-electron chi connectivity index (χ0n) is 15.2. The molecule has 0 aliphatic rings. The van der Waals surface area contributed by atoms with Crippen molar-refractivity contribution < 1.29 is 9.18 Å². The molecule has 138 valence electrons. The van der Waals surface area contributed by atoms with Crippen LogP contribution in [0.15, 0.2) is 84.9 Å². The predicted molar refractivity (Wildman–Crippen MR) is 106 cm³/mol. The highest BCUT2D eigenvalue weighted by atomic mass is 19.1. The Kier molecular flexibility index (Phi) is 6.34. The summed E-state index contributed by atoms with van der Waals surface area (Å²) in [6.45, 7) is 2.07. The van der Waals surface area contributed by atoms with Crippen LogP contribution in [0.1, 0.15) is 35.7 Å². The van der Waals surface area contributed by atoms with Gasteiger partial charge in [-0.2, -0.15) is 0 Å². The lowest BCUT2D eigenvalue weighted by Crippen LogP contribution is -2.37. The van der Waals surface area contributed by atoms with Crippen molar-refractivity contribution in [3.05, 3.63) is 107 Å². The van der Waals surface area contributed by atoms with Gasteiger partial charge < -0.3 is 5.32 Å². The van der Waals surface area contributed by atoms with Crippen molar-refractivity contribution in [2.45, 2.75) is 19.0 Å². The van der Waals surface area contributed by atoms with Crippen LogP contribution in [0.3, 0.4) is 0 Å². The van der Waals surface area contributed by atoms with E-state index in [4.69, 9.17) is 0 Å². The van der Waals surface area contributed by atoms with Crippen LogP contribution in [0.5, 0.6) is 0 Å². The number of halogens is 1. The number of rotatable bonds is 7. The van der Waals surface area contributed by atoms with Gasteiger partial charge >= 0.3 is 0 Å². The van der Waals surface area contributed by atoms with Crippen LogP contribution in [0, 0.1) is 5.82 Å². The van der Waals surface area contributed by atoms with Crippen LogP contribution in [-0.4, -0.2) is 12.5 Å². The van der Waals surface area contributed by atoms with Gasteiger partial charge in [-0.3, -0.25) is 10.1 Å². The van der Waals surface area contributed by atoms with Gasteiger partial charge in [-0.1, -0.05) is 72.8 Å². The van der Waals surface area contributed by atoms with Gasteiger partial charge in [0.05, 0.1) is 18.6 Å². The smallest absolute Gasteiger partial charge is 0.234 e. The maximum atomic E-state index is 13.0. The summed E-state index contributed by atoms with van der Waals surface area (Å²) < 4.78 is 13.0. The van der Waals surface area contributed by atoms with E-state index in [1.807, 2.05) is 67.6 Å². The Morgan fingerprint density at radius 3 is 1.85 bits per heavy atom. The highest BCUT2D eigenvalue weighted by Crippen LogP contribution is 2.21.